The second-order valence-corrected chi connectivity index (χ2v) is 7.08. The predicted molar refractivity (Wildman–Crippen MR) is 74.2 cm³/mol. The normalized spacial score (nSPS) is 31.8. The molecular formula is C15H30N2. The van der Waals surface area contributed by atoms with Gasteiger partial charge in [0.25, 0.3) is 0 Å². The summed E-state index contributed by atoms with van der Waals surface area (Å²) in [6, 6.07) is 1.49. The van der Waals surface area contributed by atoms with Gasteiger partial charge in [-0.1, -0.05) is 34.1 Å². The van der Waals surface area contributed by atoms with Crippen LogP contribution in [0.4, 0.5) is 0 Å². The topological polar surface area (TPSA) is 15.3 Å². The zero-order valence-electron chi connectivity index (χ0n) is 12.1. The van der Waals surface area contributed by atoms with E-state index in [1.165, 1.54) is 45.3 Å². The lowest BCUT2D eigenvalue weighted by Crippen LogP contribution is -2.61. The molecule has 2 unspecified atom stereocenters. The Balaban J connectivity index is 1.94. The number of nitrogens with one attached hydrogen (secondary N) is 1. The largest absolute Gasteiger partial charge is 0.311 e. The summed E-state index contributed by atoms with van der Waals surface area (Å²) < 4.78 is 0. The van der Waals surface area contributed by atoms with Gasteiger partial charge in [-0.2, -0.15) is 0 Å². The number of rotatable bonds is 4. The van der Waals surface area contributed by atoms with E-state index in [4.69, 9.17) is 0 Å². The van der Waals surface area contributed by atoms with Crippen LogP contribution in [0.25, 0.3) is 0 Å². The Hall–Kier alpha value is -0.0800. The molecule has 0 aromatic rings. The molecule has 1 saturated heterocycles. The third-order valence-corrected chi connectivity index (χ3v) is 4.47. The zero-order chi connectivity index (χ0) is 12.5. The minimum Gasteiger partial charge on any atom is -0.311 e. The molecule has 0 aromatic heterocycles. The van der Waals surface area contributed by atoms with Crippen LogP contribution >= 0.6 is 0 Å². The van der Waals surface area contributed by atoms with E-state index in [9.17, 15) is 0 Å². The Kier molecular flexibility index (Phi) is 4.14. The SMILES string of the molecule is CCCCN1CC(C(C)(C)C)NCC1C1CC1. The molecule has 2 heteroatoms. The Bertz CT molecular complexity index is 240. The van der Waals surface area contributed by atoms with Crippen LogP contribution in [0.1, 0.15) is 53.4 Å². The van der Waals surface area contributed by atoms with Crippen LogP contribution in [0.5, 0.6) is 0 Å². The van der Waals surface area contributed by atoms with Crippen LogP contribution in [0.3, 0.4) is 0 Å². The van der Waals surface area contributed by atoms with Gasteiger partial charge in [0.15, 0.2) is 0 Å². The first-order chi connectivity index (χ1) is 8.02. The molecule has 1 heterocycles. The van der Waals surface area contributed by atoms with Gasteiger partial charge in [0, 0.05) is 25.2 Å². The maximum absolute atomic E-state index is 3.80. The molecular weight excluding hydrogens is 208 g/mol. The number of piperazine rings is 1. The van der Waals surface area contributed by atoms with Gasteiger partial charge in [-0.05, 0) is 37.1 Å². The van der Waals surface area contributed by atoms with Crippen LogP contribution in [0, 0.1) is 11.3 Å². The third-order valence-electron chi connectivity index (χ3n) is 4.47. The van der Waals surface area contributed by atoms with E-state index >= 15 is 0 Å². The Morgan fingerprint density at radius 2 is 1.94 bits per heavy atom. The van der Waals surface area contributed by atoms with E-state index in [2.05, 4.69) is 37.9 Å². The van der Waals surface area contributed by atoms with Crippen molar-refractivity contribution in [2.45, 2.75) is 65.5 Å². The molecule has 0 bridgehead atoms. The van der Waals surface area contributed by atoms with Gasteiger partial charge in [-0.25, -0.2) is 0 Å². The van der Waals surface area contributed by atoms with Crippen molar-refractivity contribution in [1.29, 1.82) is 0 Å². The summed E-state index contributed by atoms with van der Waals surface area (Å²) in [4.78, 5) is 2.79. The van der Waals surface area contributed by atoms with Crippen LogP contribution in [-0.4, -0.2) is 36.6 Å². The van der Waals surface area contributed by atoms with Gasteiger partial charge < -0.3 is 5.32 Å². The summed E-state index contributed by atoms with van der Waals surface area (Å²) in [5.74, 6) is 1.00. The quantitative estimate of drug-likeness (QED) is 0.810. The number of unbranched alkanes of at least 4 members (excludes halogenated alkanes) is 1. The van der Waals surface area contributed by atoms with Crippen molar-refractivity contribution < 1.29 is 0 Å². The maximum Gasteiger partial charge on any atom is 0.0249 e. The highest BCUT2D eigenvalue weighted by Gasteiger charge is 2.40. The lowest BCUT2D eigenvalue weighted by Gasteiger charge is -2.45. The van der Waals surface area contributed by atoms with Crippen LogP contribution < -0.4 is 5.32 Å². The van der Waals surface area contributed by atoms with Crippen molar-refractivity contribution >= 4 is 0 Å². The Morgan fingerprint density at radius 1 is 1.24 bits per heavy atom. The molecule has 17 heavy (non-hydrogen) atoms. The van der Waals surface area contributed by atoms with Crippen LogP contribution in [0.2, 0.25) is 0 Å². The molecule has 100 valence electrons. The van der Waals surface area contributed by atoms with Gasteiger partial charge in [-0.15, -0.1) is 0 Å². The first-order valence-electron chi connectivity index (χ1n) is 7.49. The summed E-state index contributed by atoms with van der Waals surface area (Å²) in [5, 5.41) is 3.80. The molecule has 1 saturated carbocycles. The Morgan fingerprint density at radius 3 is 2.47 bits per heavy atom. The van der Waals surface area contributed by atoms with Gasteiger partial charge >= 0.3 is 0 Å². The van der Waals surface area contributed by atoms with E-state index in [0.29, 0.717) is 11.5 Å². The maximum atomic E-state index is 3.80. The van der Waals surface area contributed by atoms with Gasteiger partial charge in [0.05, 0.1) is 0 Å². The molecule has 0 aromatic carbocycles. The number of nitrogens with zero attached hydrogens (tertiary/aromatic N) is 1. The average molecular weight is 238 g/mol. The predicted octanol–water partition coefficient (Wildman–Crippen LogP) is 2.89. The molecule has 2 rings (SSSR count). The van der Waals surface area contributed by atoms with Crippen molar-refractivity contribution in [1.82, 2.24) is 10.2 Å². The molecule has 0 amide bonds. The average Bonchev–Trinajstić information content (AvgIpc) is 3.08. The van der Waals surface area contributed by atoms with E-state index in [1.807, 2.05) is 0 Å². The molecule has 1 aliphatic heterocycles. The highest BCUT2D eigenvalue weighted by atomic mass is 15.2. The van der Waals surface area contributed by atoms with Crippen molar-refractivity contribution in [3.05, 3.63) is 0 Å². The minimum atomic E-state index is 0.388. The molecule has 2 atom stereocenters. The van der Waals surface area contributed by atoms with Gasteiger partial charge in [0.1, 0.15) is 0 Å². The van der Waals surface area contributed by atoms with Crippen molar-refractivity contribution in [3.8, 4) is 0 Å². The standard InChI is InChI=1S/C15H30N2/c1-5-6-9-17-11-14(15(2,3)4)16-10-13(17)12-7-8-12/h12-14,16H,5-11H2,1-4H3. The fraction of sp³-hybridized carbons (Fsp3) is 1.00. The minimum absolute atomic E-state index is 0.388. The second kappa shape index (κ2) is 5.27. The summed E-state index contributed by atoms with van der Waals surface area (Å²) in [6.07, 6.45) is 5.62. The molecule has 1 aliphatic carbocycles. The van der Waals surface area contributed by atoms with E-state index in [1.54, 1.807) is 0 Å². The van der Waals surface area contributed by atoms with E-state index < -0.39 is 0 Å². The number of hydrogen-bond acceptors (Lipinski definition) is 2. The second-order valence-electron chi connectivity index (χ2n) is 7.08. The monoisotopic (exact) mass is 238 g/mol. The first kappa shape index (κ1) is 13.4. The summed E-state index contributed by atoms with van der Waals surface area (Å²) in [6.45, 7) is 13.2. The molecule has 0 radical (unpaired) electrons. The highest BCUT2D eigenvalue weighted by molar-refractivity contribution is 4.97. The van der Waals surface area contributed by atoms with E-state index in [0.717, 1.165) is 12.0 Å². The third kappa shape index (κ3) is 3.45. The fourth-order valence-electron chi connectivity index (χ4n) is 2.97. The van der Waals surface area contributed by atoms with Crippen molar-refractivity contribution in [2.75, 3.05) is 19.6 Å². The smallest absolute Gasteiger partial charge is 0.0249 e. The summed E-state index contributed by atoms with van der Waals surface area (Å²) in [5.41, 5.74) is 0.388. The highest BCUT2D eigenvalue weighted by Crippen LogP contribution is 2.37. The summed E-state index contributed by atoms with van der Waals surface area (Å²) >= 11 is 0. The van der Waals surface area contributed by atoms with Gasteiger partial charge in [0.2, 0.25) is 0 Å². The van der Waals surface area contributed by atoms with Crippen molar-refractivity contribution in [2.24, 2.45) is 11.3 Å². The molecule has 2 aliphatic rings. The molecule has 1 N–H and O–H groups in total. The lowest BCUT2D eigenvalue weighted by molar-refractivity contribution is 0.0739. The lowest BCUT2D eigenvalue weighted by atomic mass is 9.84. The summed E-state index contributed by atoms with van der Waals surface area (Å²) in [7, 11) is 0. The fourth-order valence-corrected chi connectivity index (χ4v) is 2.97. The van der Waals surface area contributed by atoms with E-state index in [-0.39, 0.29) is 0 Å². The van der Waals surface area contributed by atoms with Crippen LogP contribution in [0.15, 0.2) is 0 Å². The van der Waals surface area contributed by atoms with Crippen LogP contribution in [-0.2, 0) is 0 Å². The molecule has 2 nitrogen and oxygen atoms in total. The zero-order valence-corrected chi connectivity index (χ0v) is 12.1. The molecule has 0 spiro atoms. The van der Waals surface area contributed by atoms with Crippen molar-refractivity contribution in [3.63, 3.8) is 0 Å². The van der Waals surface area contributed by atoms with Gasteiger partial charge in [-0.3, -0.25) is 4.90 Å². The Labute approximate surface area is 107 Å². The molecule has 2 fully saturated rings. The number of hydrogen-bond donors (Lipinski definition) is 1. The first-order valence-corrected chi connectivity index (χ1v) is 7.49.